The van der Waals surface area contributed by atoms with E-state index in [0.29, 0.717) is 33.9 Å². The average Bonchev–Trinajstić information content (AvgIpc) is 3.29. The van der Waals surface area contributed by atoms with E-state index in [4.69, 9.17) is 23.7 Å². The zero-order chi connectivity index (χ0) is 23.1. The summed E-state index contributed by atoms with van der Waals surface area (Å²) in [6, 6.07) is 9.04. The number of aromatic nitrogens is 1. The Morgan fingerprint density at radius 3 is 2.12 bits per heavy atom. The number of benzene rings is 2. The van der Waals surface area contributed by atoms with E-state index in [1.54, 1.807) is 32.4 Å². The smallest absolute Gasteiger partial charge is 0.250 e. The van der Waals surface area contributed by atoms with Crippen molar-refractivity contribution in [1.82, 2.24) is 4.98 Å². The van der Waals surface area contributed by atoms with E-state index in [1.807, 2.05) is 23.6 Å². The van der Waals surface area contributed by atoms with E-state index in [0.717, 1.165) is 16.8 Å². The van der Waals surface area contributed by atoms with Gasteiger partial charge in [-0.3, -0.25) is 10.1 Å². The molecule has 2 aromatic carbocycles. The molecule has 0 saturated carbocycles. The summed E-state index contributed by atoms with van der Waals surface area (Å²) in [6.07, 6.45) is 3.07. The molecule has 8 nitrogen and oxygen atoms in total. The Kier molecular flexibility index (Phi) is 7.56. The molecule has 0 atom stereocenters. The molecule has 3 aromatic rings. The first kappa shape index (κ1) is 23.0. The molecule has 0 radical (unpaired) electrons. The maximum atomic E-state index is 12.4. The minimum absolute atomic E-state index is 0.313. The number of hydrogen-bond acceptors (Lipinski definition) is 8. The van der Waals surface area contributed by atoms with Gasteiger partial charge in [0.25, 0.3) is 0 Å². The topological polar surface area (TPSA) is 88.1 Å². The first-order valence-electron chi connectivity index (χ1n) is 9.50. The van der Waals surface area contributed by atoms with Gasteiger partial charge in [0, 0.05) is 17.0 Å². The highest BCUT2D eigenvalue weighted by Crippen LogP contribution is 2.38. The minimum atomic E-state index is -0.313. The number of anilines is 1. The summed E-state index contributed by atoms with van der Waals surface area (Å²) in [6.45, 7) is 0. The molecule has 0 fully saturated rings. The molecule has 0 spiro atoms. The molecule has 1 aromatic heterocycles. The third kappa shape index (κ3) is 5.12. The van der Waals surface area contributed by atoms with E-state index in [9.17, 15) is 4.79 Å². The molecule has 9 heteroatoms. The van der Waals surface area contributed by atoms with Gasteiger partial charge in [0.1, 0.15) is 0 Å². The largest absolute Gasteiger partial charge is 0.493 e. The van der Waals surface area contributed by atoms with Crippen molar-refractivity contribution in [2.45, 2.75) is 0 Å². The van der Waals surface area contributed by atoms with Crippen LogP contribution < -0.4 is 29.0 Å². The number of methoxy groups -OCH3 is 5. The Balaban J connectivity index is 1.73. The normalized spacial score (nSPS) is 10.7. The molecule has 0 saturated heterocycles. The van der Waals surface area contributed by atoms with Crippen molar-refractivity contribution in [2.24, 2.45) is 0 Å². The Labute approximate surface area is 190 Å². The first-order valence-corrected chi connectivity index (χ1v) is 10.4. The summed E-state index contributed by atoms with van der Waals surface area (Å²) in [5.74, 6) is 2.43. The molecule has 1 heterocycles. The van der Waals surface area contributed by atoms with Crippen molar-refractivity contribution in [3.63, 3.8) is 0 Å². The Morgan fingerprint density at radius 2 is 1.53 bits per heavy atom. The van der Waals surface area contributed by atoms with Crippen molar-refractivity contribution in [3.8, 4) is 40.0 Å². The molecule has 32 heavy (non-hydrogen) atoms. The number of nitrogens with zero attached hydrogens (tertiary/aromatic N) is 1. The monoisotopic (exact) mass is 456 g/mol. The molecule has 0 unspecified atom stereocenters. The van der Waals surface area contributed by atoms with Gasteiger partial charge in [-0.1, -0.05) is 0 Å². The molecule has 168 valence electrons. The first-order chi connectivity index (χ1) is 15.5. The standard InChI is InChI=1S/C23H24N2O6S/c1-27-17-8-7-15(12-18(17)28-2)16-13-32-23(24-16)25-21(26)9-6-14-10-19(29-3)22(31-5)20(11-14)30-4/h6-13H,1-5H3,(H,24,25,26)/b9-6+. The van der Waals surface area contributed by atoms with Gasteiger partial charge < -0.3 is 23.7 Å². The number of nitrogens with one attached hydrogen (secondary N) is 1. The number of amides is 1. The van der Waals surface area contributed by atoms with E-state index < -0.39 is 0 Å². The van der Waals surface area contributed by atoms with Crippen LogP contribution in [0.15, 0.2) is 41.8 Å². The van der Waals surface area contributed by atoms with Crippen LogP contribution in [-0.2, 0) is 4.79 Å². The predicted octanol–water partition coefficient (Wildman–Crippen LogP) is 4.51. The van der Waals surface area contributed by atoms with Crippen LogP contribution in [0.4, 0.5) is 5.13 Å². The van der Waals surface area contributed by atoms with Crippen LogP contribution in [0.1, 0.15) is 5.56 Å². The van der Waals surface area contributed by atoms with E-state index >= 15 is 0 Å². The fourth-order valence-electron chi connectivity index (χ4n) is 2.98. The van der Waals surface area contributed by atoms with Gasteiger partial charge in [-0.05, 0) is 42.0 Å². The second-order valence-electron chi connectivity index (χ2n) is 6.39. The lowest BCUT2D eigenvalue weighted by Gasteiger charge is -2.12. The predicted molar refractivity (Wildman–Crippen MR) is 124 cm³/mol. The van der Waals surface area contributed by atoms with Crippen molar-refractivity contribution < 1.29 is 28.5 Å². The van der Waals surface area contributed by atoms with E-state index in [1.165, 1.54) is 38.7 Å². The lowest BCUT2D eigenvalue weighted by atomic mass is 10.1. The van der Waals surface area contributed by atoms with Gasteiger partial charge in [0.05, 0.1) is 41.2 Å². The Bertz CT molecular complexity index is 1100. The lowest BCUT2D eigenvalue weighted by molar-refractivity contribution is -0.111. The quantitative estimate of drug-likeness (QED) is 0.474. The molecule has 0 bridgehead atoms. The Hall–Kier alpha value is -3.72. The van der Waals surface area contributed by atoms with Crippen LogP contribution in [0.5, 0.6) is 28.7 Å². The summed E-state index contributed by atoms with van der Waals surface area (Å²) in [5, 5.41) is 5.11. The van der Waals surface area contributed by atoms with Crippen molar-refractivity contribution in [2.75, 3.05) is 40.9 Å². The van der Waals surface area contributed by atoms with Gasteiger partial charge in [0.2, 0.25) is 11.7 Å². The second-order valence-corrected chi connectivity index (χ2v) is 7.25. The van der Waals surface area contributed by atoms with E-state index in [2.05, 4.69) is 10.3 Å². The van der Waals surface area contributed by atoms with Gasteiger partial charge in [-0.2, -0.15) is 0 Å². The van der Waals surface area contributed by atoms with Crippen LogP contribution in [0.25, 0.3) is 17.3 Å². The maximum Gasteiger partial charge on any atom is 0.250 e. The van der Waals surface area contributed by atoms with Crippen molar-refractivity contribution >= 4 is 28.5 Å². The van der Waals surface area contributed by atoms with Crippen LogP contribution >= 0.6 is 11.3 Å². The SMILES string of the molecule is COc1ccc(-c2csc(NC(=O)/C=C/c3cc(OC)c(OC)c(OC)c3)n2)cc1OC. The molecule has 1 amide bonds. The molecular weight excluding hydrogens is 432 g/mol. The number of rotatable bonds is 9. The lowest BCUT2D eigenvalue weighted by Crippen LogP contribution is -2.07. The fraction of sp³-hybridized carbons (Fsp3) is 0.217. The van der Waals surface area contributed by atoms with Crippen LogP contribution in [0.3, 0.4) is 0 Å². The number of thiazole rings is 1. The summed E-state index contributed by atoms with van der Waals surface area (Å²) in [4.78, 5) is 16.9. The second kappa shape index (κ2) is 10.5. The summed E-state index contributed by atoms with van der Waals surface area (Å²) >= 11 is 1.33. The highest BCUT2D eigenvalue weighted by Gasteiger charge is 2.13. The Morgan fingerprint density at radius 1 is 0.875 bits per heavy atom. The number of hydrogen-bond donors (Lipinski definition) is 1. The van der Waals surface area contributed by atoms with Gasteiger partial charge in [-0.15, -0.1) is 11.3 Å². The number of carbonyl (C=O) groups excluding carboxylic acids is 1. The van der Waals surface area contributed by atoms with Crippen LogP contribution in [0, 0.1) is 0 Å². The zero-order valence-corrected chi connectivity index (χ0v) is 19.2. The number of carbonyl (C=O) groups is 1. The molecular formula is C23H24N2O6S. The molecule has 0 aliphatic carbocycles. The third-order valence-corrected chi connectivity index (χ3v) is 5.29. The highest BCUT2D eigenvalue weighted by molar-refractivity contribution is 7.14. The van der Waals surface area contributed by atoms with Crippen molar-refractivity contribution in [3.05, 3.63) is 47.4 Å². The molecule has 3 rings (SSSR count). The minimum Gasteiger partial charge on any atom is -0.493 e. The van der Waals surface area contributed by atoms with Gasteiger partial charge in [-0.25, -0.2) is 4.98 Å². The molecule has 0 aliphatic rings. The van der Waals surface area contributed by atoms with Crippen molar-refractivity contribution in [1.29, 1.82) is 0 Å². The third-order valence-electron chi connectivity index (χ3n) is 4.53. The fourth-order valence-corrected chi connectivity index (χ4v) is 3.70. The van der Waals surface area contributed by atoms with Gasteiger partial charge in [0.15, 0.2) is 28.1 Å². The zero-order valence-electron chi connectivity index (χ0n) is 18.4. The summed E-state index contributed by atoms with van der Waals surface area (Å²) in [7, 11) is 7.77. The maximum absolute atomic E-state index is 12.4. The van der Waals surface area contributed by atoms with Gasteiger partial charge >= 0.3 is 0 Å². The summed E-state index contributed by atoms with van der Waals surface area (Å²) < 4.78 is 26.6. The highest BCUT2D eigenvalue weighted by atomic mass is 32.1. The van der Waals surface area contributed by atoms with E-state index in [-0.39, 0.29) is 5.91 Å². The summed E-state index contributed by atoms with van der Waals surface area (Å²) in [5.41, 5.74) is 2.30. The number of ether oxygens (including phenoxy) is 5. The molecule has 0 aliphatic heterocycles. The van der Waals surface area contributed by atoms with Crippen LogP contribution in [-0.4, -0.2) is 46.4 Å². The van der Waals surface area contributed by atoms with Crippen LogP contribution in [0.2, 0.25) is 0 Å². The molecule has 1 N–H and O–H groups in total. The average molecular weight is 457 g/mol.